The molecular formula is C29H24N2O5S2. The summed E-state index contributed by atoms with van der Waals surface area (Å²) in [5, 5.41) is 0.277. The van der Waals surface area contributed by atoms with Gasteiger partial charge in [0.15, 0.2) is 15.6 Å². The molecule has 2 aromatic heterocycles. The van der Waals surface area contributed by atoms with Gasteiger partial charge in [-0.05, 0) is 47.9 Å². The monoisotopic (exact) mass is 544 g/mol. The van der Waals surface area contributed by atoms with Crippen molar-refractivity contribution in [2.24, 2.45) is 0 Å². The molecule has 0 aliphatic rings. The second kappa shape index (κ2) is 10.4. The number of ether oxygens (including phenoxy) is 1. The topological polar surface area (TPSA) is 95.3 Å². The zero-order valence-electron chi connectivity index (χ0n) is 20.7. The molecule has 0 fully saturated rings. The smallest absolute Gasteiger partial charge is 0.219 e. The van der Waals surface area contributed by atoms with E-state index in [1.165, 1.54) is 26.2 Å². The van der Waals surface area contributed by atoms with Gasteiger partial charge in [0.1, 0.15) is 26.9 Å². The number of rotatable bonds is 8. The van der Waals surface area contributed by atoms with Gasteiger partial charge < -0.3 is 9.30 Å². The summed E-state index contributed by atoms with van der Waals surface area (Å²) >= 11 is 1.15. The van der Waals surface area contributed by atoms with Crippen molar-refractivity contribution in [1.82, 2.24) is 9.55 Å². The van der Waals surface area contributed by atoms with Crippen molar-refractivity contribution in [3.63, 3.8) is 0 Å². The summed E-state index contributed by atoms with van der Waals surface area (Å²) in [7, 11) is -2.22. The van der Waals surface area contributed by atoms with Crippen LogP contribution in [-0.4, -0.2) is 30.9 Å². The molecule has 7 nitrogen and oxygen atoms in total. The Balaban J connectivity index is 1.59. The first-order chi connectivity index (χ1) is 18.3. The molecule has 5 aromatic rings. The number of carbonyl (C=O) groups is 1. The van der Waals surface area contributed by atoms with Crippen molar-refractivity contribution in [2.75, 3.05) is 7.11 Å². The van der Waals surface area contributed by atoms with E-state index in [9.17, 15) is 18.0 Å². The van der Waals surface area contributed by atoms with E-state index in [1.807, 2.05) is 59.2 Å². The van der Waals surface area contributed by atoms with Crippen molar-refractivity contribution in [3.05, 3.63) is 111 Å². The molecule has 0 aliphatic heterocycles. The van der Waals surface area contributed by atoms with Crippen LogP contribution < -0.4 is 10.2 Å². The van der Waals surface area contributed by atoms with Crippen molar-refractivity contribution in [1.29, 1.82) is 0 Å². The van der Waals surface area contributed by atoms with Crippen LogP contribution in [0.25, 0.3) is 21.5 Å². The van der Waals surface area contributed by atoms with Crippen LogP contribution in [0.15, 0.2) is 94.7 Å². The SMILES string of the molecule is COc1ccc(S(=O)(=O)Cc2nc3c(=O)c(C(C)=O)cn(Cc4ccccc4-c4ccccc4)c3s2)cc1. The Kier molecular flexibility index (Phi) is 6.96. The number of pyridine rings is 1. The highest BCUT2D eigenvalue weighted by atomic mass is 32.2. The number of fused-ring (bicyclic) bond motifs is 1. The van der Waals surface area contributed by atoms with Crippen molar-refractivity contribution < 1.29 is 17.9 Å². The van der Waals surface area contributed by atoms with Gasteiger partial charge in [-0.2, -0.15) is 0 Å². The lowest BCUT2D eigenvalue weighted by Crippen LogP contribution is -2.18. The van der Waals surface area contributed by atoms with Crippen LogP contribution >= 0.6 is 11.3 Å². The number of thiazole rings is 1. The van der Waals surface area contributed by atoms with Gasteiger partial charge in [0.25, 0.3) is 0 Å². The molecule has 2 heterocycles. The molecule has 0 spiro atoms. The second-order valence-electron chi connectivity index (χ2n) is 8.78. The number of aromatic nitrogens is 2. The van der Waals surface area contributed by atoms with Crippen LogP contribution in [0, 0.1) is 0 Å². The summed E-state index contributed by atoms with van der Waals surface area (Å²) in [4.78, 5) is 30.5. The summed E-state index contributed by atoms with van der Waals surface area (Å²) in [6, 6.07) is 24.0. The Labute approximate surface area is 223 Å². The first-order valence-electron chi connectivity index (χ1n) is 11.8. The van der Waals surface area contributed by atoms with Crippen LogP contribution in [0.5, 0.6) is 5.75 Å². The van der Waals surface area contributed by atoms with E-state index >= 15 is 0 Å². The van der Waals surface area contributed by atoms with Gasteiger partial charge >= 0.3 is 0 Å². The number of methoxy groups -OCH3 is 1. The van der Waals surface area contributed by atoms with E-state index in [2.05, 4.69) is 4.98 Å². The Morgan fingerprint density at radius 1 is 0.974 bits per heavy atom. The largest absolute Gasteiger partial charge is 0.497 e. The maximum absolute atomic E-state index is 13.1. The van der Waals surface area contributed by atoms with Crippen LogP contribution in [0.3, 0.4) is 0 Å². The van der Waals surface area contributed by atoms with E-state index in [-0.39, 0.29) is 32.5 Å². The van der Waals surface area contributed by atoms with Gasteiger partial charge in [-0.1, -0.05) is 65.9 Å². The molecule has 9 heteroatoms. The molecule has 0 amide bonds. The summed E-state index contributed by atoms with van der Waals surface area (Å²) in [5.74, 6) is -0.190. The average molecular weight is 545 g/mol. The summed E-state index contributed by atoms with van der Waals surface area (Å²) in [6.45, 7) is 1.71. The van der Waals surface area contributed by atoms with Gasteiger partial charge in [0, 0.05) is 12.7 Å². The lowest BCUT2D eigenvalue weighted by atomic mass is 9.99. The number of Topliss-reactive ketones (excluding diaryl/α,β-unsaturated/α-hetero) is 1. The van der Waals surface area contributed by atoms with Gasteiger partial charge in [-0.3, -0.25) is 9.59 Å². The molecule has 0 atom stereocenters. The summed E-state index contributed by atoms with van der Waals surface area (Å²) in [5.41, 5.74) is 2.67. The van der Waals surface area contributed by atoms with Gasteiger partial charge in [0.05, 0.1) is 17.6 Å². The minimum Gasteiger partial charge on any atom is -0.497 e. The third-order valence-electron chi connectivity index (χ3n) is 6.21. The molecule has 38 heavy (non-hydrogen) atoms. The maximum atomic E-state index is 13.1. The van der Waals surface area contributed by atoms with Gasteiger partial charge in [0.2, 0.25) is 5.43 Å². The van der Waals surface area contributed by atoms with Crippen LogP contribution in [0.4, 0.5) is 0 Å². The zero-order valence-corrected chi connectivity index (χ0v) is 22.4. The van der Waals surface area contributed by atoms with E-state index in [1.54, 1.807) is 18.3 Å². The Morgan fingerprint density at radius 3 is 2.34 bits per heavy atom. The fourth-order valence-electron chi connectivity index (χ4n) is 4.30. The predicted octanol–water partition coefficient (Wildman–Crippen LogP) is 5.36. The fraction of sp³-hybridized carbons (Fsp3) is 0.138. The van der Waals surface area contributed by atoms with Gasteiger partial charge in [-0.25, -0.2) is 13.4 Å². The van der Waals surface area contributed by atoms with Crippen molar-refractivity contribution in [3.8, 4) is 16.9 Å². The highest BCUT2D eigenvalue weighted by molar-refractivity contribution is 7.90. The number of benzene rings is 3. The lowest BCUT2D eigenvalue weighted by Gasteiger charge is -2.14. The minimum absolute atomic E-state index is 0.0181. The number of ketones is 1. The van der Waals surface area contributed by atoms with E-state index in [4.69, 9.17) is 4.74 Å². The van der Waals surface area contributed by atoms with Crippen LogP contribution in [0.1, 0.15) is 27.9 Å². The molecule has 0 unspecified atom stereocenters. The van der Waals surface area contributed by atoms with Gasteiger partial charge in [-0.15, -0.1) is 0 Å². The highest BCUT2D eigenvalue weighted by Crippen LogP contribution is 2.29. The molecule has 5 rings (SSSR count). The van der Waals surface area contributed by atoms with Crippen molar-refractivity contribution in [2.45, 2.75) is 24.1 Å². The third-order valence-corrected chi connectivity index (χ3v) is 9.13. The lowest BCUT2D eigenvalue weighted by molar-refractivity contribution is 0.101. The maximum Gasteiger partial charge on any atom is 0.219 e. The Bertz CT molecular complexity index is 1810. The Morgan fingerprint density at radius 2 is 1.66 bits per heavy atom. The molecule has 0 radical (unpaired) electrons. The predicted molar refractivity (Wildman–Crippen MR) is 149 cm³/mol. The zero-order chi connectivity index (χ0) is 26.9. The van der Waals surface area contributed by atoms with Crippen molar-refractivity contribution >= 4 is 37.3 Å². The summed E-state index contributed by atoms with van der Waals surface area (Å²) in [6.07, 6.45) is 1.55. The quantitative estimate of drug-likeness (QED) is 0.244. The molecule has 192 valence electrons. The summed E-state index contributed by atoms with van der Waals surface area (Å²) < 4.78 is 33.1. The number of carbonyl (C=O) groups excluding carboxylic acids is 1. The Hall–Kier alpha value is -4.08. The van der Waals surface area contributed by atoms with E-state index < -0.39 is 15.3 Å². The fourth-order valence-corrected chi connectivity index (χ4v) is 6.94. The first kappa shape index (κ1) is 25.6. The first-order valence-corrected chi connectivity index (χ1v) is 14.3. The number of hydrogen-bond donors (Lipinski definition) is 0. The number of hydrogen-bond acceptors (Lipinski definition) is 7. The highest BCUT2D eigenvalue weighted by Gasteiger charge is 2.22. The third kappa shape index (κ3) is 5.03. The average Bonchev–Trinajstić information content (AvgIpc) is 3.34. The van der Waals surface area contributed by atoms with Crippen LogP contribution in [-0.2, 0) is 22.1 Å². The minimum atomic E-state index is -3.73. The standard InChI is InChI=1S/C29H24N2O5S2/c1-19(32)25-17-31(16-21-10-6-7-11-24(21)20-8-4-3-5-9-20)29-27(28(25)33)30-26(37-29)18-38(34,35)23-14-12-22(36-2)13-15-23/h3-15,17H,16,18H2,1-2H3. The molecule has 0 N–H and O–H groups in total. The molecule has 0 aliphatic carbocycles. The molecular weight excluding hydrogens is 520 g/mol. The number of nitrogens with zero attached hydrogens (tertiary/aromatic N) is 2. The molecule has 0 saturated carbocycles. The molecule has 0 bridgehead atoms. The molecule has 0 saturated heterocycles. The van der Waals surface area contributed by atoms with Crippen LogP contribution in [0.2, 0.25) is 0 Å². The van der Waals surface area contributed by atoms with E-state index in [0.29, 0.717) is 17.1 Å². The number of sulfone groups is 1. The molecule has 3 aromatic carbocycles. The second-order valence-corrected chi connectivity index (χ2v) is 11.8. The van der Waals surface area contributed by atoms with E-state index in [0.717, 1.165) is 28.0 Å². The normalized spacial score (nSPS) is 11.5.